The van der Waals surface area contributed by atoms with Crippen LogP contribution in [0.15, 0.2) is 34.7 Å². The number of rotatable bonds is 3. The lowest BCUT2D eigenvalue weighted by Crippen LogP contribution is -2.01. The number of allylic oxidation sites excluding steroid dienone is 2. The van der Waals surface area contributed by atoms with Crippen LogP contribution in [0.1, 0.15) is 44.1 Å². The number of hydrogen-bond acceptors (Lipinski definition) is 2. The zero-order valence-corrected chi connectivity index (χ0v) is 12.3. The Morgan fingerprint density at radius 3 is 2.68 bits per heavy atom. The predicted octanol–water partition coefficient (Wildman–Crippen LogP) is 4.72. The first-order valence-corrected chi connectivity index (χ1v) is 8.42. The molecule has 0 heterocycles. The van der Waals surface area contributed by atoms with Gasteiger partial charge in [0.25, 0.3) is 0 Å². The van der Waals surface area contributed by atoms with Crippen LogP contribution >= 0.6 is 11.8 Å². The molecule has 0 bridgehead atoms. The van der Waals surface area contributed by atoms with E-state index >= 15 is 0 Å². The molecule has 2 aliphatic carbocycles. The maximum Gasteiger partial charge on any atom is 0.163 e. The summed E-state index contributed by atoms with van der Waals surface area (Å²) in [5, 5.41) is 0. The number of carbonyl (C=O) groups excluding carboxylic acids is 1. The Kier molecular flexibility index (Phi) is 3.79. The van der Waals surface area contributed by atoms with E-state index in [0.717, 1.165) is 24.0 Å². The Morgan fingerprint density at radius 1 is 1.16 bits per heavy atom. The van der Waals surface area contributed by atoms with Crippen molar-refractivity contribution in [3.8, 4) is 0 Å². The van der Waals surface area contributed by atoms with Crippen LogP contribution in [0.2, 0.25) is 0 Å². The van der Waals surface area contributed by atoms with E-state index in [1.165, 1.54) is 36.2 Å². The Morgan fingerprint density at radius 2 is 1.95 bits per heavy atom. The molecule has 0 aliphatic heterocycles. The molecule has 1 saturated carbocycles. The van der Waals surface area contributed by atoms with Crippen molar-refractivity contribution in [3.05, 3.63) is 35.4 Å². The number of thioether (sulfide) groups is 1. The van der Waals surface area contributed by atoms with E-state index in [0.29, 0.717) is 11.7 Å². The summed E-state index contributed by atoms with van der Waals surface area (Å²) in [7, 11) is 0. The Balaban J connectivity index is 2.02. The lowest BCUT2D eigenvalue weighted by atomic mass is 9.91. The summed E-state index contributed by atoms with van der Waals surface area (Å²) in [5.74, 6) is 1.04. The van der Waals surface area contributed by atoms with Gasteiger partial charge < -0.3 is 0 Å². The number of carbonyl (C=O) groups is 1. The van der Waals surface area contributed by atoms with Crippen molar-refractivity contribution in [3.63, 3.8) is 0 Å². The fraction of sp³-hybridized carbons (Fsp3) is 0.471. The van der Waals surface area contributed by atoms with Gasteiger partial charge in [0.05, 0.1) is 0 Å². The van der Waals surface area contributed by atoms with Gasteiger partial charge in [-0.25, -0.2) is 0 Å². The third kappa shape index (κ3) is 2.51. The standard InChI is InChI=1S/C17H20OS/c1-19-14-8-4-7-13(11-14)17-15(9-10-16(17)18)12-5-2-3-6-12/h4,7-8,11-12H,2-3,5-6,9-10H2,1H3. The highest BCUT2D eigenvalue weighted by atomic mass is 32.2. The summed E-state index contributed by atoms with van der Waals surface area (Å²) in [6.45, 7) is 0. The van der Waals surface area contributed by atoms with Crippen LogP contribution in [-0.2, 0) is 4.79 Å². The molecule has 19 heavy (non-hydrogen) atoms. The third-order valence-corrected chi connectivity index (χ3v) is 5.15. The van der Waals surface area contributed by atoms with Gasteiger partial charge in [-0.15, -0.1) is 11.8 Å². The highest BCUT2D eigenvalue weighted by Gasteiger charge is 2.30. The molecule has 1 aromatic carbocycles. The Hall–Kier alpha value is -1.02. The lowest BCUT2D eigenvalue weighted by Gasteiger charge is -2.14. The first kappa shape index (κ1) is 13.0. The van der Waals surface area contributed by atoms with Crippen LogP contribution in [0.25, 0.3) is 5.57 Å². The molecule has 100 valence electrons. The van der Waals surface area contributed by atoms with Gasteiger partial charge in [-0.2, -0.15) is 0 Å². The normalized spacial score (nSPS) is 20.6. The van der Waals surface area contributed by atoms with Crippen LogP contribution in [0.5, 0.6) is 0 Å². The van der Waals surface area contributed by atoms with Crippen LogP contribution in [0.3, 0.4) is 0 Å². The third-order valence-electron chi connectivity index (χ3n) is 4.43. The molecule has 1 fully saturated rings. The molecule has 0 aromatic heterocycles. The Labute approximate surface area is 119 Å². The van der Waals surface area contributed by atoms with Gasteiger partial charge in [0.1, 0.15) is 0 Å². The topological polar surface area (TPSA) is 17.1 Å². The summed E-state index contributed by atoms with van der Waals surface area (Å²) in [6, 6.07) is 8.47. The second kappa shape index (κ2) is 5.54. The van der Waals surface area contributed by atoms with Gasteiger partial charge >= 0.3 is 0 Å². The number of hydrogen-bond donors (Lipinski definition) is 0. The quantitative estimate of drug-likeness (QED) is 0.741. The van der Waals surface area contributed by atoms with Crippen molar-refractivity contribution in [1.29, 1.82) is 0 Å². The van der Waals surface area contributed by atoms with Crippen molar-refractivity contribution >= 4 is 23.1 Å². The van der Waals surface area contributed by atoms with Gasteiger partial charge in [0.2, 0.25) is 0 Å². The van der Waals surface area contributed by atoms with Gasteiger partial charge in [-0.1, -0.05) is 30.5 Å². The number of Topliss-reactive ketones (excluding diaryl/α,β-unsaturated/α-hetero) is 1. The molecule has 0 saturated heterocycles. The van der Waals surface area contributed by atoms with E-state index in [4.69, 9.17) is 0 Å². The van der Waals surface area contributed by atoms with Crippen molar-refractivity contribution < 1.29 is 4.79 Å². The summed E-state index contributed by atoms with van der Waals surface area (Å²) in [4.78, 5) is 13.5. The van der Waals surface area contributed by atoms with Crippen molar-refractivity contribution in [2.45, 2.75) is 43.4 Å². The molecular formula is C17H20OS. The van der Waals surface area contributed by atoms with Gasteiger partial charge in [-0.05, 0) is 49.1 Å². The summed E-state index contributed by atoms with van der Waals surface area (Å²) < 4.78 is 0. The van der Waals surface area contributed by atoms with Crippen LogP contribution in [0.4, 0.5) is 0 Å². The van der Waals surface area contributed by atoms with E-state index in [1.54, 1.807) is 11.8 Å². The first-order valence-electron chi connectivity index (χ1n) is 7.20. The minimum absolute atomic E-state index is 0.361. The van der Waals surface area contributed by atoms with E-state index in [2.05, 4.69) is 30.5 Å². The summed E-state index contributed by atoms with van der Waals surface area (Å²) in [5.41, 5.74) is 3.67. The summed E-state index contributed by atoms with van der Waals surface area (Å²) >= 11 is 1.74. The van der Waals surface area contributed by atoms with Gasteiger partial charge in [-0.3, -0.25) is 4.79 Å². The first-order chi connectivity index (χ1) is 9.29. The number of ketones is 1. The molecule has 1 aromatic rings. The van der Waals surface area contributed by atoms with Crippen LogP contribution < -0.4 is 0 Å². The van der Waals surface area contributed by atoms with Crippen molar-refractivity contribution in [1.82, 2.24) is 0 Å². The fourth-order valence-corrected chi connectivity index (χ4v) is 3.94. The monoisotopic (exact) mass is 272 g/mol. The van der Waals surface area contributed by atoms with E-state index in [9.17, 15) is 4.79 Å². The number of benzene rings is 1. The van der Waals surface area contributed by atoms with Gasteiger partial charge in [0, 0.05) is 16.9 Å². The highest BCUT2D eigenvalue weighted by Crippen LogP contribution is 2.42. The molecule has 3 rings (SSSR count). The summed E-state index contributed by atoms with van der Waals surface area (Å²) in [6.07, 6.45) is 9.05. The zero-order chi connectivity index (χ0) is 13.2. The molecule has 0 amide bonds. The van der Waals surface area contributed by atoms with Crippen molar-refractivity contribution in [2.24, 2.45) is 5.92 Å². The molecule has 0 N–H and O–H groups in total. The molecule has 0 unspecified atom stereocenters. The van der Waals surface area contributed by atoms with E-state index in [-0.39, 0.29) is 0 Å². The Bertz CT molecular complexity index is 524. The molecule has 0 radical (unpaired) electrons. The molecule has 2 aliphatic rings. The van der Waals surface area contributed by atoms with Crippen LogP contribution in [-0.4, -0.2) is 12.0 Å². The predicted molar refractivity (Wildman–Crippen MR) is 81.3 cm³/mol. The maximum atomic E-state index is 12.3. The van der Waals surface area contributed by atoms with E-state index < -0.39 is 0 Å². The molecular weight excluding hydrogens is 252 g/mol. The molecule has 0 spiro atoms. The highest BCUT2D eigenvalue weighted by molar-refractivity contribution is 7.98. The van der Waals surface area contributed by atoms with Crippen LogP contribution in [0, 0.1) is 5.92 Å². The zero-order valence-electron chi connectivity index (χ0n) is 11.4. The molecule has 1 nitrogen and oxygen atoms in total. The average Bonchev–Trinajstić information content (AvgIpc) is 3.07. The molecule has 0 atom stereocenters. The maximum absolute atomic E-state index is 12.3. The lowest BCUT2D eigenvalue weighted by molar-refractivity contribution is -0.113. The molecule has 2 heteroatoms. The van der Waals surface area contributed by atoms with Crippen molar-refractivity contribution in [2.75, 3.05) is 6.26 Å². The van der Waals surface area contributed by atoms with E-state index in [1.807, 2.05) is 0 Å². The SMILES string of the molecule is CSc1cccc(C2=C(C3CCCC3)CCC2=O)c1. The second-order valence-corrected chi connectivity index (χ2v) is 6.42. The average molecular weight is 272 g/mol. The smallest absolute Gasteiger partial charge is 0.163 e. The minimum Gasteiger partial charge on any atom is -0.294 e. The largest absolute Gasteiger partial charge is 0.294 e. The van der Waals surface area contributed by atoms with Gasteiger partial charge in [0.15, 0.2) is 5.78 Å². The fourth-order valence-electron chi connectivity index (χ4n) is 3.48. The minimum atomic E-state index is 0.361. The second-order valence-electron chi connectivity index (χ2n) is 5.54.